The summed E-state index contributed by atoms with van der Waals surface area (Å²) < 4.78 is 5.14. The van der Waals surface area contributed by atoms with E-state index in [1.165, 1.54) is 42.7 Å². The van der Waals surface area contributed by atoms with Crippen LogP contribution in [0.25, 0.3) is 10.8 Å². The summed E-state index contributed by atoms with van der Waals surface area (Å²) in [4.78, 5) is 12.4. The van der Waals surface area contributed by atoms with Gasteiger partial charge in [-0.1, -0.05) is 48.9 Å². The fourth-order valence-corrected chi connectivity index (χ4v) is 4.76. The molecule has 0 amide bonds. The molecule has 2 aliphatic rings. The van der Waals surface area contributed by atoms with Gasteiger partial charge in [-0.3, -0.25) is 4.79 Å². The third kappa shape index (κ3) is 2.22. The van der Waals surface area contributed by atoms with E-state index in [-0.39, 0.29) is 11.9 Å². The molecule has 2 aromatic rings. The number of carbonyl (C=O) groups is 1. The molecule has 22 heavy (non-hydrogen) atoms. The Bertz CT molecular complexity index is 706. The summed E-state index contributed by atoms with van der Waals surface area (Å²) in [6.07, 6.45) is 4.81. The predicted octanol–water partition coefficient (Wildman–Crippen LogP) is 4.53. The first-order chi connectivity index (χ1) is 10.8. The van der Waals surface area contributed by atoms with Crippen molar-refractivity contribution in [3.8, 4) is 0 Å². The predicted molar refractivity (Wildman–Crippen MR) is 87.6 cm³/mol. The number of benzene rings is 2. The van der Waals surface area contributed by atoms with E-state index in [9.17, 15) is 4.79 Å². The van der Waals surface area contributed by atoms with Crippen LogP contribution in [0.1, 0.15) is 37.2 Å². The van der Waals surface area contributed by atoms with Crippen molar-refractivity contribution in [1.82, 2.24) is 0 Å². The molecule has 0 saturated heterocycles. The number of fused-ring (bicyclic) bond motifs is 3. The lowest BCUT2D eigenvalue weighted by Gasteiger charge is -2.35. The lowest BCUT2D eigenvalue weighted by atomic mass is 9.69. The Morgan fingerprint density at radius 2 is 1.86 bits per heavy atom. The highest BCUT2D eigenvalue weighted by molar-refractivity contribution is 5.83. The summed E-state index contributed by atoms with van der Waals surface area (Å²) in [6.45, 7) is 0. The van der Waals surface area contributed by atoms with E-state index in [2.05, 4.69) is 42.5 Å². The van der Waals surface area contributed by atoms with Crippen LogP contribution in [-0.2, 0) is 9.53 Å². The zero-order valence-electron chi connectivity index (χ0n) is 13.0. The van der Waals surface area contributed by atoms with Gasteiger partial charge in [-0.05, 0) is 53.4 Å². The van der Waals surface area contributed by atoms with Crippen molar-refractivity contribution in [2.45, 2.75) is 31.6 Å². The second-order valence-corrected chi connectivity index (χ2v) is 6.94. The van der Waals surface area contributed by atoms with Crippen LogP contribution in [0.4, 0.5) is 0 Å². The lowest BCUT2D eigenvalue weighted by Crippen LogP contribution is -2.33. The molecule has 2 nitrogen and oxygen atoms in total. The second-order valence-electron chi connectivity index (χ2n) is 6.94. The first-order valence-electron chi connectivity index (χ1n) is 8.33. The third-order valence-electron chi connectivity index (χ3n) is 5.79. The Balaban J connectivity index is 1.75. The normalized spacial score (nSPS) is 30.4. The summed E-state index contributed by atoms with van der Waals surface area (Å²) in [7, 11) is 1.53. The Kier molecular flexibility index (Phi) is 3.40. The molecular weight excluding hydrogens is 272 g/mol. The van der Waals surface area contributed by atoms with Gasteiger partial charge in [-0.25, -0.2) is 0 Å². The molecule has 4 rings (SSSR count). The van der Waals surface area contributed by atoms with Crippen molar-refractivity contribution in [2.75, 3.05) is 7.11 Å². The molecule has 2 saturated carbocycles. The SMILES string of the molecule is COC(=O)[C@H]1[C@H]2CC[C@H](C2)C[C@@H]1c1ccc2ccccc2c1. The van der Waals surface area contributed by atoms with E-state index >= 15 is 0 Å². The quantitative estimate of drug-likeness (QED) is 0.760. The average molecular weight is 294 g/mol. The first-order valence-corrected chi connectivity index (χ1v) is 8.33. The largest absolute Gasteiger partial charge is 0.469 e. The molecule has 4 atom stereocenters. The molecule has 0 unspecified atom stereocenters. The lowest BCUT2D eigenvalue weighted by molar-refractivity contribution is -0.149. The second kappa shape index (κ2) is 5.42. The summed E-state index contributed by atoms with van der Waals surface area (Å²) in [5.74, 6) is 1.67. The number of rotatable bonds is 2. The van der Waals surface area contributed by atoms with Gasteiger partial charge in [0.05, 0.1) is 13.0 Å². The van der Waals surface area contributed by atoms with Gasteiger partial charge in [-0.15, -0.1) is 0 Å². The summed E-state index contributed by atoms with van der Waals surface area (Å²) in [5.41, 5.74) is 1.31. The number of carbonyl (C=O) groups excluding carboxylic acids is 1. The highest BCUT2D eigenvalue weighted by atomic mass is 16.5. The van der Waals surface area contributed by atoms with Crippen LogP contribution in [0.2, 0.25) is 0 Å². The van der Waals surface area contributed by atoms with E-state index in [0.29, 0.717) is 11.8 Å². The number of hydrogen-bond acceptors (Lipinski definition) is 2. The van der Waals surface area contributed by atoms with E-state index < -0.39 is 0 Å². The maximum Gasteiger partial charge on any atom is 0.309 e. The number of hydrogen-bond donors (Lipinski definition) is 0. The molecule has 0 N–H and O–H groups in total. The molecule has 0 spiro atoms. The third-order valence-corrected chi connectivity index (χ3v) is 5.79. The maximum atomic E-state index is 12.4. The van der Waals surface area contributed by atoms with E-state index in [1.54, 1.807) is 0 Å². The standard InChI is InChI=1S/C20H22O2/c1-22-20(21)19-17-7-6-13(10-17)11-18(19)16-9-8-14-4-2-3-5-15(14)12-16/h2-5,8-9,12-13,17-19H,6-7,10-11H2,1H3/t13-,17+,18-,19+/m1/s1. The van der Waals surface area contributed by atoms with Crippen molar-refractivity contribution in [2.24, 2.45) is 17.8 Å². The fraction of sp³-hybridized carbons (Fsp3) is 0.450. The summed E-state index contributed by atoms with van der Waals surface area (Å²) in [6, 6.07) is 15.1. The Hall–Kier alpha value is -1.83. The van der Waals surface area contributed by atoms with Crippen molar-refractivity contribution in [3.05, 3.63) is 48.0 Å². The van der Waals surface area contributed by atoms with Gasteiger partial charge in [0.2, 0.25) is 0 Å². The molecule has 2 heteroatoms. The molecule has 2 fully saturated rings. The number of ether oxygens (including phenoxy) is 1. The fourth-order valence-electron chi connectivity index (χ4n) is 4.76. The van der Waals surface area contributed by atoms with E-state index in [1.807, 2.05) is 0 Å². The smallest absolute Gasteiger partial charge is 0.309 e. The van der Waals surface area contributed by atoms with Crippen LogP contribution < -0.4 is 0 Å². The van der Waals surface area contributed by atoms with Gasteiger partial charge in [0, 0.05) is 0 Å². The topological polar surface area (TPSA) is 26.3 Å². The van der Waals surface area contributed by atoms with Crippen LogP contribution in [0.5, 0.6) is 0 Å². The Morgan fingerprint density at radius 1 is 1.05 bits per heavy atom. The monoisotopic (exact) mass is 294 g/mol. The van der Waals surface area contributed by atoms with E-state index in [0.717, 1.165) is 12.3 Å². The molecule has 0 aliphatic heterocycles. The minimum Gasteiger partial charge on any atom is -0.469 e. The van der Waals surface area contributed by atoms with Gasteiger partial charge < -0.3 is 4.74 Å². The van der Waals surface area contributed by atoms with Gasteiger partial charge in [0.25, 0.3) is 0 Å². The molecular formula is C20H22O2. The summed E-state index contributed by atoms with van der Waals surface area (Å²) in [5, 5.41) is 2.53. The maximum absolute atomic E-state index is 12.4. The molecule has 2 aliphatic carbocycles. The van der Waals surface area contributed by atoms with Crippen molar-refractivity contribution in [1.29, 1.82) is 0 Å². The van der Waals surface area contributed by atoms with Gasteiger partial charge in [-0.2, -0.15) is 0 Å². The Labute approximate surface area is 131 Å². The van der Waals surface area contributed by atoms with Gasteiger partial charge in [0.15, 0.2) is 0 Å². The first kappa shape index (κ1) is 13.8. The van der Waals surface area contributed by atoms with Gasteiger partial charge in [0.1, 0.15) is 0 Å². The van der Waals surface area contributed by atoms with Crippen molar-refractivity contribution in [3.63, 3.8) is 0 Å². The zero-order valence-corrected chi connectivity index (χ0v) is 13.0. The highest BCUT2D eigenvalue weighted by Crippen LogP contribution is 2.52. The van der Waals surface area contributed by atoms with Crippen LogP contribution in [0.15, 0.2) is 42.5 Å². The van der Waals surface area contributed by atoms with Crippen LogP contribution >= 0.6 is 0 Å². The molecule has 0 radical (unpaired) electrons. The van der Waals surface area contributed by atoms with Crippen molar-refractivity contribution >= 4 is 16.7 Å². The molecule has 114 valence electrons. The van der Waals surface area contributed by atoms with Crippen LogP contribution in [0, 0.1) is 17.8 Å². The minimum atomic E-state index is -0.0106. The van der Waals surface area contributed by atoms with E-state index in [4.69, 9.17) is 4.74 Å². The van der Waals surface area contributed by atoms with Gasteiger partial charge >= 0.3 is 5.97 Å². The average Bonchev–Trinajstić information content (AvgIpc) is 2.95. The van der Waals surface area contributed by atoms with Crippen LogP contribution in [-0.4, -0.2) is 13.1 Å². The zero-order chi connectivity index (χ0) is 15.1. The molecule has 0 aromatic heterocycles. The van der Waals surface area contributed by atoms with Crippen LogP contribution in [0.3, 0.4) is 0 Å². The number of methoxy groups -OCH3 is 1. The molecule has 2 aromatic carbocycles. The Morgan fingerprint density at radius 3 is 2.68 bits per heavy atom. The highest BCUT2D eigenvalue weighted by Gasteiger charge is 2.46. The molecule has 0 heterocycles. The summed E-state index contributed by atoms with van der Waals surface area (Å²) >= 11 is 0. The molecule has 2 bridgehead atoms. The minimum absolute atomic E-state index is 0.0106. The van der Waals surface area contributed by atoms with Crippen molar-refractivity contribution < 1.29 is 9.53 Å². The number of esters is 1.